The summed E-state index contributed by atoms with van der Waals surface area (Å²) in [5.74, 6) is -1.36. The van der Waals surface area contributed by atoms with E-state index in [1.54, 1.807) is 54.6 Å². The first-order chi connectivity index (χ1) is 21.6. The number of thiophene rings is 1. The fourth-order valence-corrected chi connectivity index (χ4v) is 7.31. The van der Waals surface area contributed by atoms with Gasteiger partial charge in [-0.2, -0.15) is 9.78 Å². The number of hydrogen-bond acceptors (Lipinski definition) is 7. The minimum Gasteiger partial charge on any atom is -0.377 e. The number of nitrogens with zero attached hydrogens (tertiary/aromatic N) is 3. The Morgan fingerprint density at radius 3 is 2.31 bits per heavy atom. The minimum absolute atomic E-state index is 0.0209. The lowest BCUT2D eigenvalue weighted by atomic mass is 10.1. The van der Waals surface area contributed by atoms with Crippen molar-refractivity contribution >= 4 is 66.8 Å². The van der Waals surface area contributed by atoms with Gasteiger partial charge in [-0.3, -0.25) is 9.52 Å². The monoisotopic (exact) mass is 659 g/mol. The fraction of sp³-hybridized carbons (Fsp3) is 0.0909. The van der Waals surface area contributed by atoms with Gasteiger partial charge in [0.05, 0.1) is 15.8 Å². The number of nitrogens with one attached hydrogen (secondary N) is 2. The normalized spacial score (nSPS) is 11.5. The summed E-state index contributed by atoms with van der Waals surface area (Å²) in [5.41, 5.74) is 1.87. The first-order valence-electron chi connectivity index (χ1n) is 13.8. The smallest absolute Gasteiger partial charge is 0.280 e. The molecule has 0 aliphatic rings. The molecule has 45 heavy (non-hydrogen) atoms. The van der Waals surface area contributed by atoms with Crippen LogP contribution in [0.4, 0.5) is 21.6 Å². The van der Waals surface area contributed by atoms with Crippen molar-refractivity contribution in [1.82, 2.24) is 9.78 Å². The van der Waals surface area contributed by atoms with Gasteiger partial charge in [-0.1, -0.05) is 66.2 Å². The van der Waals surface area contributed by atoms with Crippen LogP contribution in [0.3, 0.4) is 0 Å². The summed E-state index contributed by atoms with van der Waals surface area (Å²) >= 11 is 7.39. The Morgan fingerprint density at radius 1 is 0.911 bits per heavy atom. The number of fused-ring (bicyclic) bond motifs is 1. The second-order valence-corrected chi connectivity index (χ2v) is 13.8. The van der Waals surface area contributed by atoms with Crippen LogP contribution in [0.2, 0.25) is 4.34 Å². The minimum atomic E-state index is -3.98. The van der Waals surface area contributed by atoms with E-state index in [1.165, 1.54) is 35.6 Å². The van der Waals surface area contributed by atoms with E-state index in [1.807, 2.05) is 43.3 Å². The zero-order chi connectivity index (χ0) is 31.7. The van der Waals surface area contributed by atoms with Crippen LogP contribution in [0, 0.1) is 5.82 Å². The van der Waals surface area contributed by atoms with E-state index in [2.05, 4.69) is 15.1 Å². The van der Waals surface area contributed by atoms with E-state index in [-0.39, 0.29) is 34.2 Å². The maximum absolute atomic E-state index is 15.8. The average Bonchev–Trinajstić information content (AvgIpc) is 3.61. The molecule has 0 amide bonds. The third-order valence-corrected chi connectivity index (χ3v) is 9.81. The van der Waals surface area contributed by atoms with Crippen molar-refractivity contribution < 1.29 is 17.6 Å². The second-order valence-electron chi connectivity index (χ2n) is 10.4. The molecular weight excluding hydrogens is 633 g/mol. The van der Waals surface area contributed by atoms with Crippen LogP contribution >= 0.6 is 22.9 Å². The van der Waals surface area contributed by atoms with Crippen molar-refractivity contribution in [2.24, 2.45) is 0 Å². The van der Waals surface area contributed by atoms with Crippen molar-refractivity contribution in [3.8, 4) is 11.3 Å². The molecule has 0 aliphatic carbocycles. The van der Waals surface area contributed by atoms with Gasteiger partial charge in [0.15, 0.2) is 11.6 Å². The molecule has 0 spiro atoms. The largest absolute Gasteiger partial charge is 0.377 e. The molecule has 2 heterocycles. The highest BCUT2D eigenvalue weighted by molar-refractivity contribution is 7.93. The van der Waals surface area contributed by atoms with Crippen molar-refractivity contribution in [3.05, 3.63) is 124 Å². The van der Waals surface area contributed by atoms with Crippen LogP contribution in [0.1, 0.15) is 15.2 Å². The van der Waals surface area contributed by atoms with Crippen LogP contribution in [0.5, 0.6) is 0 Å². The van der Waals surface area contributed by atoms with Gasteiger partial charge in [0.2, 0.25) is 0 Å². The Labute approximate surface area is 268 Å². The Bertz CT molecular complexity index is 2130. The molecule has 0 bridgehead atoms. The lowest BCUT2D eigenvalue weighted by molar-refractivity contribution is 0.0947. The maximum Gasteiger partial charge on any atom is 0.280 e. The molecule has 2 N–H and O–H groups in total. The maximum atomic E-state index is 15.8. The number of carbonyl (C=O) groups is 1. The topological polar surface area (TPSA) is 96.3 Å². The van der Waals surface area contributed by atoms with Gasteiger partial charge in [-0.15, -0.1) is 11.3 Å². The molecule has 0 saturated carbocycles. The van der Waals surface area contributed by atoms with Gasteiger partial charge in [0, 0.05) is 52.2 Å². The van der Waals surface area contributed by atoms with E-state index < -0.39 is 21.7 Å². The Morgan fingerprint density at radius 2 is 1.62 bits per heavy atom. The zero-order valence-electron chi connectivity index (χ0n) is 24.2. The molecule has 0 unspecified atom stereocenters. The summed E-state index contributed by atoms with van der Waals surface area (Å²) in [6.45, 7) is 0.229. The summed E-state index contributed by atoms with van der Waals surface area (Å²) in [4.78, 5) is 16.6. The van der Waals surface area contributed by atoms with Crippen LogP contribution in [-0.2, 0) is 16.6 Å². The van der Waals surface area contributed by atoms with Crippen LogP contribution in [0.25, 0.3) is 22.0 Å². The molecule has 0 radical (unpaired) electrons. The van der Waals surface area contributed by atoms with Gasteiger partial charge in [0.1, 0.15) is 5.69 Å². The summed E-state index contributed by atoms with van der Waals surface area (Å²) in [6.07, 6.45) is 0. The first kappa shape index (κ1) is 30.3. The predicted octanol–water partition coefficient (Wildman–Crippen LogP) is 7.72. The molecule has 4 aromatic carbocycles. The number of hydrogen-bond donors (Lipinski definition) is 2. The van der Waals surface area contributed by atoms with E-state index in [0.29, 0.717) is 15.3 Å². The highest BCUT2D eigenvalue weighted by Crippen LogP contribution is 2.32. The van der Waals surface area contributed by atoms with E-state index in [9.17, 15) is 13.2 Å². The molecule has 0 atom stereocenters. The average molecular weight is 660 g/mol. The van der Waals surface area contributed by atoms with Gasteiger partial charge in [0.25, 0.3) is 15.9 Å². The van der Waals surface area contributed by atoms with E-state index in [0.717, 1.165) is 20.6 Å². The van der Waals surface area contributed by atoms with Crippen molar-refractivity contribution in [1.29, 1.82) is 0 Å². The number of rotatable bonds is 9. The Kier molecular flexibility index (Phi) is 8.32. The molecular formula is C33H27ClFN5O3S2. The molecule has 6 rings (SSSR count). The van der Waals surface area contributed by atoms with Crippen LogP contribution in [-0.4, -0.2) is 38.2 Å². The third-order valence-electron chi connectivity index (χ3n) is 7.14. The Balaban J connectivity index is 1.29. The van der Waals surface area contributed by atoms with Gasteiger partial charge in [-0.05, 0) is 48.5 Å². The lowest BCUT2D eigenvalue weighted by Crippen LogP contribution is -2.18. The van der Waals surface area contributed by atoms with Crippen LogP contribution < -0.4 is 14.9 Å². The molecule has 8 nitrogen and oxygen atoms in total. The Hall–Kier alpha value is -4.71. The lowest BCUT2D eigenvalue weighted by Gasteiger charge is -2.17. The molecule has 2 aromatic heterocycles. The third kappa shape index (κ3) is 6.15. The van der Waals surface area contributed by atoms with E-state index >= 15 is 4.39 Å². The standard InChI is InChI=1S/C33H27ClFN5O3S2/c1-39(2)27-12-6-11-26-25(27)10-7-13-28(26)45(42,43)38-23-16-14-22(15-17-23)33(41)40-32(36-20-24-18-19-29(34)44-24)30(35)31(37-40)21-8-4-3-5-9-21/h3-19,36,38H,20H2,1-2H3. The highest BCUT2D eigenvalue weighted by Gasteiger charge is 2.25. The summed E-state index contributed by atoms with van der Waals surface area (Å²) in [5, 5.41) is 8.73. The zero-order valence-corrected chi connectivity index (χ0v) is 26.5. The molecule has 6 aromatic rings. The van der Waals surface area contributed by atoms with Crippen LogP contribution in [0.15, 0.2) is 108 Å². The molecule has 0 saturated heterocycles. The van der Waals surface area contributed by atoms with Crippen molar-refractivity contribution in [3.63, 3.8) is 0 Å². The molecule has 0 fully saturated rings. The molecule has 228 valence electrons. The number of sulfonamides is 1. The van der Waals surface area contributed by atoms with Gasteiger partial charge in [-0.25, -0.2) is 12.8 Å². The van der Waals surface area contributed by atoms with Gasteiger partial charge >= 0.3 is 0 Å². The number of halogens is 2. The van der Waals surface area contributed by atoms with Crippen molar-refractivity contribution in [2.75, 3.05) is 29.0 Å². The second kappa shape index (κ2) is 12.4. The highest BCUT2D eigenvalue weighted by atomic mass is 35.5. The van der Waals surface area contributed by atoms with Crippen molar-refractivity contribution in [2.45, 2.75) is 11.4 Å². The number of aromatic nitrogens is 2. The quantitative estimate of drug-likeness (QED) is 0.165. The molecule has 12 heteroatoms. The van der Waals surface area contributed by atoms with Gasteiger partial charge < -0.3 is 10.2 Å². The number of anilines is 3. The predicted molar refractivity (Wildman–Crippen MR) is 180 cm³/mol. The number of benzene rings is 4. The fourth-order valence-electron chi connectivity index (χ4n) is 5.00. The summed E-state index contributed by atoms with van der Waals surface area (Å²) in [7, 11) is -0.181. The summed E-state index contributed by atoms with van der Waals surface area (Å²) < 4.78 is 46.9. The van der Waals surface area contributed by atoms with E-state index in [4.69, 9.17) is 11.6 Å². The summed E-state index contributed by atoms with van der Waals surface area (Å²) in [6, 6.07) is 28.9. The number of carbonyl (C=O) groups excluding carboxylic acids is 1. The molecule has 0 aliphatic heterocycles. The first-order valence-corrected chi connectivity index (χ1v) is 16.5. The SMILES string of the molecule is CN(C)c1cccc2c(S(=O)(=O)Nc3ccc(C(=O)n4nc(-c5ccccc5)c(F)c4NCc4ccc(Cl)s4)cc3)cccc12.